The molecule has 1 aromatic heterocycles. The summed E-state index contributed by atoms with van der Waals surface area (Å²) < 4.78 is 40.1. The molecule has 0 bridgehead atoms. The number of carbonyl (C=O) groups is 4. The molecule has 0 spiro atoms. The van der Waals surface area contributed by atoms with E-state index in [0.29, 0.717) is 28.1 Å². The van der Waals surface area contributed by atoms with Crippen LogP contribution in [0.2, 0.25) is 0 Å². The van der Waals surface area contributed by atoms with E-state index in [1.807, 2.05) is 36.4 Å². The number of nitrogens with one attached hydrogen (secondary N) is 3. The second-order valence-electron chi connectivity index (χ2n) is 12.6. The Labute approximate surface area is 306 Å². The summed E-state index contributed by atoms with van der Waals surface area (Å²) >= 11 is 0. The number of fused-ring (bicyclic) bond motifs is 1. The van der Waals surface area contributed by atoms with Gasteiger partial charge in [-0.15, -0.1) is 6.58 Å². The number of nitrogens with zero attached hydrogens (tertiary/aromatic N) is 2. The Kier molecular flexibility index (Phi) is 10.5. The second-order valence-corrected chi connectivity index (χ2v) is 14.3. The van der Waals surface area contributed by atoms with E-state index >= 15 is 0 Å². The van der Waals surface area contributed by atoms with E-state index in [1.54, 1.807) is 31.4 Å². The van der Waals surface area contributed by atoms with Gasteiger partial charge in [0.05, 0.1) is 36.3 Å². The Morgan fingerprint density at radius 2 is 1.75 bits per heavy atom. The van der Waals surface area contributed by atoms with Crippen LogP contribution in [0.25, 0.3) is 22.2 Å². The van der Waals surface area contributed by atoms with Crippen LogP contribution in [0.5, 0.6) is 11.5 Å². The maximum atomic E-state index is 14.1. The number of amides is 4. The summed E-state index contributed by atoms with van der Waals surface area (Å²) in [7, 11) is -2.70. The van der Waals surface area contributed by atoms with Gasteiger partial charge in [-0.1, -0.05) is 60.5 Å². The Morgan fingerprint density at radius 3 is 2.42 bits per heavy atom. The quantitative estimate of drug-likeness (QED) is 0.146. The molecular weight excluding hydrogens is 699 g/mol. The number of methoxy groups -OCH3 is 1. The van der Waals surface area contributed by atoms with Gasteiger partial charge in [-0.2, -0.15) is 0 Å². The van der Waals surface area contributed by atoms with E-state index in [-0.39, 0.29) is 24.3 Å². The minimum atomic E-state index is -4.26. The monoisotopic (exact) mass is 735 g/mol. The summed E-state index contributed by atoms with van der Waals surface area (Å²) in [5.41, 5.74) is 0.448. The lowest BCUT2D eigenvalue weighted by molar-refractivity contribution is -0.139. The summed E-state index contributed by atoms with van der Waals surface area (Å²) in [5.74, 6) is 2.38. The van der Waals surface area contributed by atoms with Gasteiger partial charge < -0.3 is 25.0 Å². The van der Waals surface area contributed by atoms with Crippen LogP contribution in [0.1, 0.15) is 19.8 Å². The lowest BCUT2D eigenvalue weighted by Crippen LogP contribution is -2.56. The van der Waals surface area contributed by atoms with Crippen molar-refractivity contribution >= 4 is 44.6 Å². The van der Waals surface area contributed by atoms with Crippen LogP contribution in [-0.4, -0.2) is 79.8 Å². The van der Waals surface area contributed by atoms with Crippen molar-refractivity contribution in [3.8, 4) is 34.6 Å². The highest BCUT2D eigenvalue weighted by Gasteiger charge is 2.61. The van der Waals surface area contributed by atoms with Crippen molar-refractivity contribution in [2.75, 3.05) is 20.2 Å². The molecule has 0 unspecified atom stereocenters. The summed E-state index contributed by atoms with van der Waals surface area (Å²) in [6, 6.07) is 22.9. The van der Waals surface area contributed by atoms with Crippen LogP contribution >= 0.6 is 0 Å². The molecule has 3 aromatic carbocycles. The lowest BCUT2D eigenvalue weighted by atomic mass is 10.1. The maximum Gasteiger partial charge on any atom is 0.296 e. The average molecular weight is 736 g/mol. The van der Waals surface area contributed by atoms with Gasteiger partial charge in [0.25, 0.3) is 21.8 Å². The first-order chi connectivity index (χ1) is 25.5. The predicted molar refractivity (Wildman–Crippen MR) is 196 cm³/mol. The molecule has 4 amide bonds. The van der Waals surface area contributed by atoms with Gasteiger partial charge in [0.1, 0.15) is 29.2 Å². The zero-order chi connectivity index (χ0) is 37.8. The molecule has 1 saturated carbocycles. The molecule has 0 radical (unpaired) electrons. The molecule has 53 heavy (non-hydrogen) atoms. The van der Waals surface area contributed by atoms with Gasteiger partial charge in [-0.25, -0.2) is 18.1 Å². The van der Waals surface area contributed by atoms with E-state index in [2.05, 4.69) is 33.8 Å². The SMILES string of the molecule is C=C[C@@H]1C[C@]1(NC(=O)[C@@H]1C[C@@H](Oc2cc(-c3ccccc3)nc3cc(OC)ccc23)CN1C(=O)CNC(=O)C#CC)C(=O)NS(=O)(=O)c1ccccc1. The molecule has 13 nitrogen and oxygen atoms in total. The summed E-state index contributed by atoms with van der Waals surface area (Å²) in [6.45, 7) is 4.75. The second kappa shape index (κ2) is 15.2. The van der Waals surface area contributed by atoms with Crippen LogP contribution in [0.4, 0.5) is 0 Å². The van der Waals surface area contributed by atoms with Crippen molar-refractivity contribution in [3.05, 3.63) is 97.6 Å². The molecule has 6 rings (SSSR count). The van der Waals surface area contributed by atoms with E-state index in [0.717, 1.165) is 5.56 Å². The van der Waals surface area contributed by atoms with Gasteiger partial charge >= 0.3 is 0 Å². The number of carbonyl (C=O) groups excluding carboxylic acids is 4. The predicted octanol–water partition coefficient (Wildman–Crippen LogP) is 2.96. The number of sulfonamides is 1. The van der Waals surface area contributed by atoms with E-state index in [1.165, 1.54) is 42.2 Å². The van der Waals surface area contributed by atoms with Gasteiger partial charge in [0, 0.05) is 35.4 Å². The molecular formula is C39H37N5O8S. The molecule has 1 aliphatic heterocycles. The van der Waals surface area contributed by atoms with Gasteiger partial charge in [-0.3, -0.25) is 19.2 Å². The van der Waals surface area contributed by atoms with Crippen LogP contribution in [0, 0.1) is 17.8 Å². The van der Waals surface area contributed by atoms with Crippen LogP contribution in [0.3, 0.4) is 0 Å². The Morgan fingerprint density at radius 1 is 1.04 bits per heavy atom. The number of rotatable bonds is 12. The number of pyridine rings is 1. The van der Waals surface area contributed by atoms with Crippen LogP contribution < -0.4 is 24.8 Å². The highest BCUT2D eigenvalue weighted by Crippen LogP contribution is 2.45. The molecule has 2 aliphatic rings. The fourth-order valence-electron chi connectivity index (χ4n) is 6.37. The molecule has 4 atom stereocenters. The zero-order valence-electron chi connectivity index (χ0n) is 29.0. The molecule has 4 aromatic rings. The number of aromatic nitrogens is 1. The highest BCUT2D eigenvalue weighted by molar-refractivity contribution is 7.90. The number of hydrogen-bond donors (Lipinski definition) is 3. The zero-order valence-corrected chi connectivity index (χ0v) is 29.8. The van der Waals surface area contributed by atoms with Crippen molar-refractivity contribution < 1.29 is 37.1 Å². The van der Waals surface area contributed by atoms with Gasteiger partial charge in [0.2, 0.25) is 11.8 Å². The topological polar surface area (TPSA) is 173 Å². The number of ether oxygens (including phenoxy) is 2. The van der Waals surface area contributed by atoms with Gasteiger partial charge in [0.15, 0.2) is 0 Å². The fraction of sp³-hybridized carbons (Fsp3) is 0.256. The molecule has 1 aliphatic carbocycles. The lowest BCUT2D eigenvalue weighted by Gasteiger charge is -2.26. The first kappa shape index (κ1) is 36.6. The molecule has 2 fully saturated rings. The molecule has 272 valence electrons. The van der Waals surface area contributed by atoms with Crippen molar-refractivity contribution in [1.29, 1.82) is 0 Å². The van der Waals surface area contributed by atoms with E-state index in [9.17, 15) is 27.6 Å². The van der Waals surface area contributed by atoms with E-state index < -0.39 is 63.8 Å². The largest absolute Gasteiger partial charge is 0.497 e. The Balaban J connectivity index is 1.28. The normalized spacial score (nSPS) is 20.3. The molecule has 14 heteroatoms. The Bertz CT molecular complexity index is 2260. The molecule has 1 saturated heterocycles. The standard InChI is InChI=1S/C39H37N5O8S/c1-4-12-35(45)40-23-36(46)44-24-28(52-34-21-31(25-13-8-6-9-14-25)41-32-19-27(51-3)17-18-30(32)34)20-33(44)37(47)42-39(22-26(39)5-2)38(48)43-53(49,50)29-15-10-7-11-16-29/h5-11,13-19,21,26,28,33H,2,20,22-24H2,1,3H3,(H,40,45)(H,42,47)(H,43,48)/t26-,28-,33+,39-/m1/s1. The third-order valence-corrected chi connectivity index (χ3v) is 10.5. The van der Waals surface area contributed by atoms with Crippen LogP contribution in [0.15, 0.2) is 102 Å². The van der Waals surface area contributed by atoms with Crippen molar-refractivity contribution in [2.45, 2.75) is 42.3 Å². The van der Waals surface area contributed by atoms with Crippen molar-refractivity contribution in [3.63, 3.8) is 0 Å². The first-order valence-electron chi connectivity index (χ1n) is 16.8. The first-order valence-corrected chi connectivity index (χ1v) is 18.2. The van der Waals surface area contributed by atoms with E-state index in [4.69, 9.17) is 14.5 Å². The average Bonchev–Trinajstić information content (AvgIpc) is 3.72. The maximum absolute atomic E-state index is 14.1. The third-order valence-electron chi connectivity index (χ3n) is 9.20. The van der Waals surface area contributed by atoms with Crippen molar-refractivity contribution in [2.24, 2.45) is 5.92 Å². The minimum Gasteiger partial charge on any atom is -0.497 e. The van der Waals surface area contributed by atoms with Crippen molar-refractivity contribution in [1.82, 2.24) is 25.2 Å². The Hall–Kier alpha value is -6.20. The molecule has 3 N–H and O–H groups in total. The van der Waals surface area contributed by atoms with Crippen LogP contribution in [-0.2, 0) is 29.2 Å². The fourth-order valence-corrected chi connectivity index (χ4v) is 7.43. The van der Waals surface area contributed by atoms with Gasteiger partial charge in [-0.05, 0) is 43.5 Å². The third kappa shape index (κ3) is 7.85. The summed E-state index contributed by atoms with van der Waals surface area (Å²) in [4.78, 5) is 59.4. The number of hydrogen-bond acceptors (Lipinski definition) is 9. The number of benzene rings is 3. The molecule has 2 heterocycles. The smallest absolute Gasteiger partial charge is 0.296 e. The summed E-state index contributed by atoms with van der Waals surface area (Å²) in [5, 5.41) is 5.85. The highest BCUT2D eigenvalue weighted by atomic mass is 32.2. The number of likely N-dealkylation sites (tertiary alicyclic amines) is 1. The minimum absolute atomic E-state index is 0.0136. The summed E-state index contributed by atoms with van der Waals surface area (Å²) in [6.07, 6.45) is 0.866.